The lowest BCUT2D eigenvalue weighted by Gasteiger charge is -2.26. The Morgan fingerprint density at radius 1 is 1.35 bits per heavy atom. The Kier molecular flexibility index (Phi) is 3.32. The van der Waals surface area contributed by atoms with Crippen molar-refractivity contribution >= 4 is 11.9 Å². The molecule has 6 unspecified atom stereocenters. The van der Waals surface area contributed by atoms with Crippen LogP contribution >= 0.6 is 0 Å². The third kappa shape index (κ3) is 2.08. The van der Waals surface area contributed by atoms with Gasteiger partial charge in [0.25, 0.3) is 0 Å². The van der Waals surface area contributed by atoms with Crippen LogP contribution in [0.1, 0.15) is 46.5 Å². The molecule has 0 aromatic heterocycles. The van der Waals surface area contributed by atoms with Crippen molar-refractivity contribution in [1.29, 1.82) is 0 Å². The summed E-state index contributed by atoms with van der Waals surface area (Å²) in [5, 5.41) is 0. The third-order valence-corrected chi connectivity index (χ3v) is 6.83. The van der Waals surface area contributed by atoms with Gasteiger partial charge in [-0.25, -0.2) is 0 Å². The van der Waals surface area contributed by atoms with E-state index in [1.54, 1.807) is 0 Å². The minimum absolute atomic E-state index is 0.00554. The molecule has 1 aliphatic heterocycles. The minimum Gasteiger partial charge on any atom is -0.463 e. The van der Waals surface area contributed by atoms with Crippen LogP contribution in [0.4, 0.5) is 0 Å². The normalized spacial score (nSPS) is 43.1. The summed E-state index contributed by atoms with van der Waals surface area (Å²) >= 11 is 0. The molecule has 0 radical (unpaired) electrons. The highest BCUT2D eigenvalue weighted by Gasteiger charge is 2.78. The fourth-order valence-electron chi connectivity index (χ4n) is 4.96. The van der Waals surface area contributed by atoms with E-state index in [0.29, 0.717) is 24.4 Å². The molecule has 6 atom stereocenters. The Balaban J connectivity index is 1.30. The molecule has 4 rings (SSSR count). The van der Waals surface area contributed by atoms with Gasteiger partial charge in [0.15, 0.2) is 0 Å². The van der Waals surface area contributed by atoms with E-state index in [4.69, 9.17) is 14.2 Å². The molecule has 0 aromatic carbocycles. The van der Waals surface area contributed by atoms with Crippen molar-refractivity contribution in [2.24, 2.45) is 28.6 Å². The van der Waals surface area contributed by atoms with Gasteiger partial charge in [0.1, 0.15) is 12.7 Å². The number of carbonyl (C=O) groups excluding carboxylic acids is 2. The second-order valence-electron chi connectivity index (χ2n) is 8.36. The molecule has 5 nitrogen and oxygen atoms in total. The first-order chi connectivity index (χ1) is 10.9. The average molecular weight is 322 g/mol. The lowest BCUT2D eigenvalue weighted by atomic mass is 9.80. The second-order valence-corrected chi connectivity index (χ2v) is 8.36. The molecule has 128 valence electrons. The van der Waals surface area contributed by atoms with Crippen LogP contribution in [-0.2, 0) is 23.8 Å². The minimum atomic E-state index is -0.446. The summed E-state index contributed by atoms with van der Waals surface area (Å²) in [6.45, 7) is 6.41. The van der Waals surface area contributed by atoms with Crippen LogP contribution in [0.2, 0.25) is 0 Å². The second kappa shape index (κ2) is 4.95. The van der Waals surface area contributed by atoms with Crippen LogP contribution in [0, 0.1) is 28.6 Å². The van der Waals surface area contributed by atoms with Crippen LogP contribution in [0.3, 0.4) is 0 Å². The average Bonchev–Trinajstić information content (AvgIpc) is 3.11. The zero-order chi connectivity index (χ0) is 16.4. The maximum absolute atomic E-state index is 12.2. The molecule has 4 aliphatic rings. The molecule has 1 heterocycles. The van der Waals surface area contributed by atoms with Crippen molar-refractivity contribution in [3.8, 4) is 0 Å². The number of fused-ring (bicyclic) bond motifs is 1. The van der Waals surface area contributed by atoms with Crippen LogP contribution in [0.25, 0.3) is 0 Å². The first-order valence-electron chi connectivity index (χ1n) is 8.90. The number of hydrogen-bond acceptors (Lipinski definition) is 5. The molecule has 23 heavy (non-hydrogen) atoms. The maximum atomic E-state index is 12.2. The predicted octanol–water partition coefficient (Wildman–Crippen LogP) is 2.32. The van der Waals surface area contributed by atoms with E-state index >= 15 is 0 Å². The molecule has 1 saturated heterocycles. The van der Waals surface area contributed by atoms with E-state index in [9.17, 15) is 9.59 Å². The topological polar surface area (TPSA) is 61.8 Å². The van der Waals surface area contributed by atoms with E-state index in [0.717, 1.165) is 25.7 Å². The van der Waals surface area contributed by atoms with Crippen molar-refractivity contribution in [2.45, 2.75) is 58.7 Å². The van der Waals surface area contributed by atoms with Crippen LogP contribution in [0.15, 0.2) is 0 Å². The molecule has 2 bridgehead atoms. The highest BCUT2D eigenvalue weighted by molar-refractivity contribution is 5.84. The number of esters is 2. The van der Waals surface area contributed by atoms with Gasteiger partial charge in [0.2, 0.25) is 0 Å². The summed E-state index contributed by atoms with van der Waals surface area (Å²) in [7, 11) is 0. The largest absolute Gasteiger partial charge is 0.463 e. The van der Waals surface area contributed by atoms with Crippen molar-refractivity contribution in [3.63, 3.8) is 0 Å². The van der Waals surface area contributed by atoms with Crippen molar-refractivity contribution in [2.75, 3.05) is 13.2 Å². The molecule has 3 aliphatic carbocycles. The summed E-state index contributed by atoms with van der Waals surface area (Å²) in [4.78, 5) is 24.1. The molecule has 0 N–H and O–H groups in total. The SMILES string of the molecule is CCC(C)(C)C(=O)OCCOC1C2CC3CC34C(=O)OC1C4C2. The van der Waals surface area contributed by atoms with Gasteiger partial charge in [-0.3, -0.25) is 9.59 Å². The van der Waals surface area contributed by atoms with Gasteiger partial charge >= 0.3 is 11.9 Å². The quantitative estimate of drug-likeness (QED) is 0.555. The number of carbonyl (C=O) groups is 2. The van der Waals surface area contributed by atoms with Gasteiger partial charge in [-0.2, -0.15) is 0 Å². The summed E-state index contributed by atoms with van der Waals surface area (Å²) < 4.78 is 17.0. The summed E-state index contributed by atoms with van der Waals surface area (Å²) in [5.74, 6) is 1.23. The van der Waals surface area contributed by atoms with Crippen molar-refractivity contribution in [3.05, 3.63) is 0 Å². The number of ether oxygens (including phenoxy) is 3. The van der Waals surface area contributed by atoms with Gasteiger partial charge in [0.05, 0.1) is 23.5 Å². The molecular formula is C18H26O5. The Hall–Kier alpha value is -1.10. The zero-order valence-corrected chi connectivity index (χ0v) is 14.2. The van der Waals surface area contributed by atoms with Crippen molar-refractivity contribution in [1.82, 2.24) is 0 Å². The Morgan fingerprint density at radius 2 is 2.13 bits per heavy atom. The molecule has 3 saturated carbocycles. The lowest BCUT2D eigenvalue weighted by molar-refractivity contribution is -0.159. The monoisotopic (exact) mass is 322 g/mol. The fraction of sp³-hybridized carbons (Fsp3) is 0.889. The molecular weight excluding hydrogens is 296 g/mol. The highest BCUT2D eigenvalue weighted by Crippen LogP contribution is 2.73. The molecule has 0 amide bonds. The Labute approximate surface area is 137 Å². The van der Waals surface area contributed by atoms with E-state index in [-0.39, 0.29) is 36.2 Å². The van der Waals surface area contributed by atoms with Gasteiger partial charge in [-0.05, 0) is 51.4 Å². The van der Waals surface area contributed by atoms with E-state index in [1.165, 1.54) is 0 Å². The highest BCUT2D eigenvalue weighted by atomic mass is 16.6. The molecule has 1 spiro atoms. The van der Waals surface area contributed by atoms with E-state index in [1.807, 2.05) is 20.8 Å². The first-order valence-corrected chi connectivity index (χ1v) is 8.90. The van der Waals surface area contributed by atoms with Crippen LogP contribution < -0.4 is 0 Å². The molecule has 0 aromatic rings. The number of rotatable bonds is 6. The summed E-state index contributed by atoms with van der Waals surface area (Å²) in [5.41, 5.74) is -0.588. The standard InChI is InChI=1S/C18H26O5/c1-4-17(2,3)15(19)22-6-5-21-13-10-7-11-9-18(11)12(8-10)14(13)23-16(18)20/h10-14H,4-9H2,1-3H3. The first kappa shape index (κ1) is 15.4. The van der Waals surface area contributed by atoms with Gasteiger partial charge in [0, 0.05) is 5.92 Å². The summed E-state index contributed by atoms with van der Waals surface area (Å²) in [6.07, 6.45) is 3.85. The van der Waals surface area contributed by atoms with Crippen LogP contribution in [-0.4, -0.2) is 37.4 Å². The smallest absolute Gasteiger partial charge is 0.313 e. The van der Waals surface area contributed by atoms with Gasteiger partial charge in [-0.15, -0.1) is 0 Å². The Morgan fingerprint density at radius 3 is 2.87 bits per heavy atom. The van der Waals surface area contributed by atoms with Gasteiger partial charge < -0.3 is 14.2 Å². The molecule has 5 heteroatoms. The van der Waals surface area contributed by atoms with Crippen molar-refractivity contribution < 1.29 is 23.8 Å². The molecule has 4 fully saturated rings. The third-order valence-electron chi connectivity index (χ3n) is 6.83. The zero-order valence-electron chi connectivity index (χ0n) is 14.2. The maximum Gasteiger partial charge on any atom is 0.313 e. The Bertz CT molecular complexity index is 542. The van der Waals surface area contributed by atoms with Gasteiger partial charge in [-0.1, -0.05) is 6.92 Å². The predicted molar refractivity (Wildman–Crippen MR) is 81.4 cm³/mol. The van der Waals surface area contributed by atoms with E-state index < -0.39 is 5.41 Å². The summed E-state index contributed by atoms with van der Waals surface area (Å²) in [6, 6.07) is 0. The fourth-order valence-corrected chi connectivity index (χ4v) is 4.96. The van der Waals surface area contributed by atoms with E-state index in [2.05, 4.69) is 0 Å². The van der Waals surface area contributed by atoms with Crippen LogP contribution in [0.5, 0.6) is 0 Å². The number of hydrogen-bond donors (Lipinski definition) is 0. The lowest BCUT2D eigenvalue weighted by Crippen LogP contribution is -2.33.